The highest BCUT2D eigenvalue weighted by Crippen LogP contribution is 2.48. The summed E-state index contributed by atoms with van der Waals surface area (Å²) in [5.41, 5.74) is 7.70. The van der Waals surface area contributed by atoms with E-state index in [0.717, 1.165) is 53.5 Å². The van der Waals surface area contributed by atoms with Crippen LogP contribution in [0, 0.1) is 0 Å². The minimum atomic E-state index is 0.0882. The fourth-order valence-corrected chi connectivity index (χ4v) is 4.96. The molecule has 0 bridgehead atoms. The van der Waals surface area contributed by atoms with E-state index in [0.29, 0.717) is 0 Å². The van der Waals surface area contributed by atoms with Gasteiger partial charge in [0, 0.05) is 25.6 Å². The molecule has 5 rings (SSSR count). The SMILES string of the molecule is O=C1c2ccccc2-c2c(-c3ccccc3Br)ccc(-c3ccccc3Br)c21. The van der Waals surface area contributed by atoms with E-state index in [1.165, 1.54) is 0 Å². The second-order valence-corrected chi connectivity index (χ2v) is 8.45. The second kappa shape index (κ2) is 6.84. The van der Waals surface area contributed by atoms with Crippen LogP contribution >= 0.6 is 31.9 Å². The first kappa shape index (κ1) is 17.6. The summed E-state index contributed by atoms with van der Waals surface area (Å²) in [4.78, 5) is 13.4. The van der Waals surface area contributed by atoms with Gasteiger partial charge in [0.25, 0.3) is 0 Å². The van der Waals surface area contributed by atoms with Crippen LogP contribution in [0.3, 0.4) is 0 Å². The van der Waals surface area contributed by atoms with Gasteiger partial charge >= 0.3 is 0 Å². The van der Waals surface area contributed by atoms with Crippen LogP contribution < -0.4 is 0 Å². The van der Waals surface area contributed by atoms with E-state index in [1.54, 1.807) is 0 Å². The monoisotopic (exact) mass is 488 g/mol. The van der Waals surface area contributed by atoms with Gasteiger partial charge in [0.1, 0.15) is 0 Å². The van der Waals surface area contributed by atoms with E-state index in [1.807, 2.05) is 66.7 Å². The molecule has 0 atom stereocenters. The third-order valence-electron chi connectivity index (χ3n) is 5.20. The third-order valence-corrected chi connectivity index (χ3v) is 6.58. The van der Waals surface area contributed by atoms with Gasteiger partial charge in [-0.3, -0.25) is 4.79 Å². The molecule has 0 saturated heterocycles. The Morgan fingerprint density at radius 1 is 0.429 bits per heavy atom. The van der Waals surface area contributed by atoms with Crippen LogP contribution in [-0.2, 0) is 0 Å². The summed E-state index contributed by atoms with van der Waals surface area (Å²) in [5.74, 6) is 0.0882. The van der Waals surface area contributed by atoms with E-state index < -0.39 is 0 Å². The minimum absolute atomic E-state index is 0.0882. The van der Waals surface area contributed by atoms with Crippen LogP contribution in [0.1, 0.15) is 15.9 Å². The molecule has 0 spiro atoms. The van der Waals surface area contributed by atoms with Gasteiger partial charge in [0.2, 0.25) is 0 Å². The Hall–Kier alpha value is -2.49. The van der Waals surface area contributed by atoms with Crippen LogP contribution in [0.25, 0.3) is 33.4 Å². The highest BCUT2D eigenvalue weighted by atomic mass is 79.9. The largest absolute Gasteiger partial charge is 0.289 e. The summed E-state index contributed by atoms with van der Waals surface area (Å²) in [7, 11) is 0. The van der Waals surface area contributed by atoms with Crippen molar-refractivity contribution in [2.24, 2.45) is 0 Å². The molecular formula is C25H14Br2O. The molecule has 0 amide bonds. The Kier molecular flexibility index (Phi) is 4.30. The lowest BCUT2D eigenvalue weighted by molar-refractivity contribution is 0.104. The van der Waals surface area contributed by atoms with Gasteiger partial charge in [0.05, 0.1) is 0 Å². The molecule has 1 aliphatic carbocycles. The molecule has 0 heterocycles. The van der Waals surface area contributed by atoms with Crippen molar-refractivity contribution in [2.45, 2.75) is 0 Å². The first-order chi connectivity index (χ1) is 13.7. The summed E-state index contributed by atoms with van der Waals surface area (Å²) < 4.78 is 2.00. The normalized spacial score (nSPS) is 12.0. The summed E-state index contributed by atoms with van der Waals surface area (Å²) in [6.45, 7) is 0. The van der Waals surface area contributed by atoms with Crippen molar-refractivity contribution < 1.29 is 4.79 Å². The molecule has 28 heavy (non-hydrogen) atoms. The zero-order valence-electron chi connectivity index (χ0n) is 14.7. The van der Waals surface area contributed by atoms with Crippen LogP contribution in [-0.4, -0.2) is 5.78 Å². The maximum atomic E-state index is 13.4. The average molecular weight is 490 g/mol. The second-order valence-electron chi connectivity index (χ2n) is 6.75. The van der Waals surface area contributed by atoms with E-state index in [4.69, 9.17) is 0 Å². The standard InChI is InChI=1S/C25H14Br2O/c26-21-11-5-3-7-15(21)18-13-14-19(16-8-4-6-12-22(16)27)24-23(18)17-9-1-2-10-20(17)25(24)28/h1-14H. The molecule has 1 nitrogen and oxygen atoms in total. The van der Waals surface area contributed by atoms with Gasteiger partial charge < -0.3 is 0 Å². The first-order valence-electron chi connectivity index (χ1n) is 8.97. The summed E-state index contributed by atoms with van der Waals surface area (Å²) in [5, 5.41) is 0. The number of carbonyl (C=O) groups excluding carboxylic acids is 1. The molecule has 0 aromatic heterocycles. The molecule has 0 radical (unpaired) electrons. The zero-order chi connectivity index (χ0) is 19.3. The van der Waals surface area contributed by atoms with Crippen LogP contribution in [0.4, 0.5) is 0 Å². The van der Waals surface area contributed by atoms with Crippen LogP contribution in [0.2, 0.25) is 0 Å². The van der Waals surface area contributed by atoms with Crippen molar-refractivity contribution in [1.82, 2.24) is 0 Å². The average Bonchev–Trinajstić information content (AvgIpc) is 3.02. The van der Waals surface area contributed by atoms with Crippen molar-refractivity contribution in [3.8, 4) is 33.4 Å². The van der Waals surface area contributed by atoms with Gasteiger partial charge in [-0.25, -0.2) is 0 Å². The molecule has 0 N–H and O–H groups in total. The molecule has 0 unspecified atom stereocenters. The maximum absolute atomic E-state index is 13.4. The van der Waals surface area contributed by atoms with E-state index in [9.17, 15) is 4.79 Å². The van der Waals surface area contributed by atoms with Crippen molar-refractivity contribution >= 4 is 37.6 Å². The summed E-state index contributed by atoms with van der Waals surface area (Å²) in [6, 6.07) is 28.3. The molecule has 0 aliphatic heterocycles. The lowest BCUT2D eigenvalue weighted by atomic mass is 9.89. The first-order valence-corrected chi connectivity index (χ1v) is 10.6. The minimum Gasteiger partial charge on any atom is -0.289 e. The number of carbonyl (C=O) groups is 1. The number of benzene rings is 4. The topological polar surface area (TPSA) is 17.1 Å². The predicted molar refractivity (Wildman–Crippen MR) is 122 cm³/mol. The maximum Gasteiger partial charge on any atom is 0.194 e. The number of hydrogen-bond donors (Lipinski definition) is 0. The zero-order valence-corrected chi connectivity index (χ0v) is 17.9. The van der Waals surface area contributed by atoms with E-state index in [-0.39, 0.29) is 5.78 Å². The van der Waals surface area contributed by atoms with Gasteiger partial charge in [-0.2, -0.15) is 0 Å². The highest BCUT2D eigenvalue weighted by Gasteiger charge is 2.32. The third kappa shape index (κ3) is 2.61. The smallest absolute Gasteiger partial charge is 0.194 e. The lowest BCUT2D eigenvalue weighted by Crippen LogP contribution is -1.99. The Bertz CT molecular complexity index is 1260. The predicted octanol–water partition coefficient (Wildman–Crippen LogP) is 7.76. The number of fused-ring (bicyclic) bond motifs is 3. The molecule has 134 valence electrons. The summed E-state index contributed by atoms with van der Waals surface area (Å²) in [6.07, 6.45) is 0. The van der Waals surface area contributed by atoms with Gasteiger partial charge in [-0.15, -0.1) is 0 Å². The Morgan fingerprint density at radius 2 is 0.857 bits per heavy atom. The van der Waals surface area contributed by atoms with Gasteiger partial charge in [0.15, 0.2) is 5.78 Å². The van der Waals surface area contributed by atoms with Crippen molar-refractivity contribution in [3.05, 3.63) is 105 Å². The van der Waals surface area contributed by atoms with E-state index >= 15 is 0 Å². The number of rotatable bonds is 2. The quantitative estimate of drug-likeness (QED) is 0.247. The van der Waals surface area contributed by atoms with Gasteiger partial charge in [-0.05, 0) is 39.9 Å². The lowest BCUT2D eigenvalue weighted by Gasteiger charge is -2.15. The molecule has 4 aromatic rings. The number of ketones is 1. The fourth-order valence-electron chi connectivity index (χ4n) is 3.96. The number of halogens is 2. The molecule has 1 aliphatic rings. The fraction of sp³-hybridized carbons (Fsp3) is 0. The van der Waals surface area contributed by atoms with Crippen molar-refractivity contribution in [1.29, 1.82) is 0 Å². The van der Waals surface area contributed by atoms with Crippen molar-refractivity contribution in [3.63, 3.8) is 0 Å². The molecule has 0 fully saturated rings. The molecule has 3 heteroatoms. The Morgan fingerprint density at radius 3 is 1.39 bits per heavy atom. The molecule has 0 saturated carbocycles. The van der Waals surface area contributed by atoms with Crippen LogP contribution in [0.15, 0.2) is 93.9 Å². The molecule has 4 aromatic carbocycles. The van der Waals surface area contributed by atoms with Crippen molar-refractivity contribution in [2.75, 3.05) is 0 Å². The van der Waals surface area contributed by atoms with Gasteiger partial charge in [-0.1, -0.05) is 105 Å². The molecular weight excluding hydrogens is 476 g/mol. The van der Waals surface area contributed by atoms with Crippen LogP contribution in [0.5, 0.6) is 0 Å². The summed E-state index contributed by atoms with van der Waals surface area (Å²) >= 11 is 7.33. The highest BCUT2D eigenvalue weighted by molar-refractivity contribution is 9.11. The Balaban J connectivity index is 1.89. The number of hydrogen-bond acceptors (Lipinski definition) is 1. The van der Waals surface area contributed by atoms with E-state index in [2.05, 4.69) is 50.1 Å². The Labute approximate surface area is 180 Å².